The molecule has 1 aliphatic rings. The number of nitrogens with one attached hydrogen (secondary N) is 1. The third kappa shape index (κ3) is 3.18. The summed E-state index contributed by atoms with van der Waals surface area (Å²) in [5.74, 6) is 1.22. The zero-order chi connectivity index (χ0) is 20.1. The number of rotatable bonds is 3. The zero-order valence-electron chi connectivity index (χ0n) is 14.6. The second-order valence-electron chi connectivity index (χ2n) is 6.27. The van der Waals surface area contributed by atoms with E-state index in [9.17, 15) is 13.2 Å². The van der Waals surface area contributed by atoms with E-state index in [1.807, 2.05) is 0 Å². The van der Waals surface area contributed by atoms with E-state index in [1.54, 1.807) is 22.9 Å². The Morgan fingerprint density at radius 2 is 1.93 bits per heavy atom. The summed E-state index contributed by atoms with van der Waals surface area (Å²) < 4.78 is 46.6. The molecule has 3 aromatic rings. The van der Waals surface area contributed by atoms with Crippen molar-refractivity contribution in [2.24, 2.45) is 0 Å². The molecular formula is C19H14Cl2F3N3O. The SMILES string of the molecule is COc1ccc(Cl)cc1-n1nc(-c2cc(C(F)(F)F)ccc2Cl)c2c1NCC2. The number of fused-ring (bicyclic) bond motifs is 1. The largest absolute Gasteiger partial charge is 0.494 e. The molecule has 28 heavy (non-hydrogen) atoms. The molecule has 1 N–H and O–H groups in total. The molecule has 0 aliphatic carbocycles. The van der Waals surface area contributed by atoms with Gasteiger partial charge in [0, 0.05) is 22.7 Å². The third-order valence-corrected chi connectivity index (χ3v) is 5.13. The van der Waals surface area contributed by atoms with E-state index in [2.05, 4.69) is 10.4 Å². The molecule has 0 unspecified atom stereocenters. The molecule has 9 heteroatoms. The summed E-state index contributed by atoms with van der Waals surface area (Å²) in [5.41, 5.74) is 1.23. The lowest BCUT2D eigenvalue weighted by molar-refractivity contribution is -0.137. The molecule has 2 heterocycles. The highest BCUT2D eigenvalue weighted by molar-refractivity contribution is 6.33. The van der Waals surface area contributed by atoms with Crippen LogP contribution < -0.4 is 10.1 Å². The van der Waals surface area contributed by atoms with Gasteiger partial charge in [-0.2, -0.15) is 18.3 Å². The summed E-state index contributed by atoms with van der Waals surface area (Å²) in [6.45, 7) is 0.639. The number of aromatic nitrogens is 2. The smallest absolute Gasteiger partial charge is 0.416 e. The van der Waals surface area contributed by atoms with Crippen molar-refractivity contribution in [2.45, 2.75) is 12.6 Å². The summed E-state index contributed by atoms with van der Waals surface area (Å²) >= 11 is 12.4. The monoisotopic (exact) mass is 427 g/mol. The van der Waals surface area contributed by atoms with Crippen molar-refractivity contribution in [3.63, 3.8) is 0 Å². The number of hydrogen-bond acceptors (Lipinski definition) is 3. The topological polar surface area (TPSA) is 39.1 Å². The van der Waals surface area contributed by atoms with E-state index in [1.165, 1.54) is 13.2 Å². The predicted molar refractivity (Wildman–Crippen MR) is 103 cm³/mol. The molecule has 0 atom stereocenters. The van der Waals surface area contributed by atoms with Crippen LogP contribution in [0.25, 0.3) is 16.9 Å². The van der Waals surface area contributed by atoms with Gasteiger partial charge in [0.25, 0.3) is 0 Å². The Labute approximate surface area is 168 Å². The van der Waals surface area contributed by atoms with Gasteiger partial charge in [-0.05, 0) is 42.8 Å². The van der Waals surface area contributed by atoms with Crippen molar-refractivity contribution in [1.29, 1.82) is 0 Å². The normalized spacial score (nSPS) is 13.4. The summed E-state index contributed by atoms with van der Waals surface area (Å²) in [4.78, 5) is 0. The Kier molecular flexibility index (Phi) is 4.67. The molecule has 0 saturated carbocycles. The Morgan fingerprint density at radius 3 is 2.64 bits per heavy atom. The van der Waals surface area contributed by atoms with Crippen molar-refractivity contribution in [3.05, 3.63) is 57.6 Å². The lowest BCUT2D eigenvalue weighted by Crippen LogP contribution is -2.07. The van der Waals surface area contributed by atoms with E-state index in [4.69, 9.17) is 27.9 Å². The van der Waals surface area contributed by atoms with Gasteiger partial charge in [-0.3, -0.25) is 0 Å². The van der Waals surface area contributed by atoms with E-state index in [0.717, 1.165) is 17.7 Å². The predicted octanol–water partition coefficient (Wildman–Crippen LogP) is 5.84. The number of hydrogen-bond donors (Lipinski definition) is 1. The van der Waals surface area contributed by atoms with Gasteiger partial charge in [0.1, 0.15) is 17.3 Å². The van der Waals surface area contributed by atoms with Crippen LogP contribution in [0.5, 0.6) is 5.75 Å². The van der Waals surface area contributed by atoms with Crippen LogP contribution in [0.2, 0.25) is 10.0 Å². The highest BCUT2D eigenvalue weighted by atomic mass is 35.5. The standard InChI is InChI=1S/C19H14Cl2F3N3O/c1-28-16-5-3-11(20)9-15(16)27-18-12(6-7-25-18)17(26-27)13-8-10(19(22,23)24)2-4-14(13)21/h2-5,8-9,25H,6-7H2,1H3. The molecule has 4 rings (SSSR count). The molecule has 0 spiro atoms. The quantitative estimate of drug-likeness (QED) is 0.570. The molecule has 0 bridgehead atoms. The Balaban J connectivity index is 1.93. The van der Waals surface area contributed by atoms with Crippen molar-refractivity contribution >= 4 is 29.0 Å². The Hall–Kier alpha value is -2.38. The fourth-order valence-electron chi connectivity index (χ4n) is 3.28. The summed E-state index contributed by atoms with van der Waals surface area (Å²) in [6.07, 6.45) is -3.86. The molecule has 146 valence electrons. The second kappa shape index (κ2) is 6.90. The van der Waals surface area contributed by atoms with Gasteiger partial charge in [0.05, 0.1) is 23.4 Å². The summed E-state index contributed by atoms with van der Waals surface area (Å²) in [6, 6.07) is 8.31. The van der Waals surface area contributed by atoms with E-state index in [-0.39, 0.29) is 10.6 Å². The highest BCUT2D eigenvalue weighted by Gasteiger charge is 2.33. The first-order chi connectivity index (χ1) is 13.3. The number of methoxy groups -OCH3 is 1. The number of nitrogens with zero attached hydrogens (tertiary/aromatic N) is 2. The fraction of sp³-hybridized carbons (Fsp3) is 0.211. The van der Waals surface area contributed by atoms with Gasteiger partial charge in [0.2, 0.25) is 0 Å². The average Bonchev–Trinajstić information content (AvgIpc) is 3.24. The zero-order valence-corrected chi connectivity index (χ0v) is 16.1. The minimum atomic E-state index is -4.47. The number of halogens is 5. The highest BCUT2D eigenvalue weighted by Crippen LogP contribution is 2.41. The number of anilines is 1. The van der Waals surface area contributed by atoms with Crippen LogP contribution in [0.15, 0.2) is 36.4 Å². The lowest BCUT2D eigenvalue weighted by atomic mass is 10.0. The van der Waals surface area contributed by atoms with Crippen LogP contribution in [0.4, 0.5) is 19.0 Å². The molecule has 0 radical (unpaired) electrons. The maximum Gasteiger partial charge on any atom is 0.416 e. The van der Waals surface area contributed by atoms with Gasteiger partial charge < -0.3 is 10.1 Å². The number of benzene rings is 2. The molecule has 4 nitrogen and oxygen atoms in total. The van der Waals surface area contributed by atoms with Gasteiger partial charge in [-0.1, -0.05) is 23.2 Å². The van der Waals surface area contributed by atoms with Crippen LogP contribution in [0, 0.1) is 0 Å². The van der Waals surface area contributed by atoms with Crippen molar-refractivity contribution in [1.82, 2.24) is 9.78 Å². The van der Waals surface area contributed by atoms with E-state index in [0.29, 0.717) is 40.9 Å². The Bertz CT molecular complexity index is 1060. The van der Waals surface area contributed by atoms with Gasteiger partial charge >= 0.3 is 6.18 Å². The van der Waals surface area contributed by atoms with Gasteiger partial charge in [-0.25, -0.2) is 4.68 Å². The van der Waals surface area contributed by atoms with Crippen LogP contribution in [0.3, 0.4) is 0 Å². The number of alkyl halides is 3. The number of ether oxygens (including phenoxy) is 1. The average molecular weight is 428 g/mol. The van der Waals surface area contributed by atoms with Crippen molar-refractivity contribution in [3.8, 4) is 22.7 Å². The molecule has 1 aliphatic heterocycles. The van der Waals surface area contributed by atoms with E-state index >= 15 is 0 Å². The molecule has 0 saturated heterocycles. The molecule has 1 aromatic heterocycles. The van der Waals surface area contributed by atoms with Gasteiger partial charge in [0.15, 0.2) is 0 Å². The summed E-state index contributed by atoms with van der Waals surface area (Å²) in [7, 11) is 1.52. The Morgan fingerprint density at radius 1 is 1.14 bits per heavy atom. The van der Waals surface area contributed by atoms with Crippen molar-refractivity contribution in [2.75, 3.05) is 19.0 Å². The minimum absolute atomic E-state index is 0.199. The lowest BCUT2D eigenvalue weighted by Gasteiger charge is -2.12. The van der Waals surface area contributed by atoms with Gasteiger partial charge in [-0.15, -0.1) is 0 Å². The third-order valence-electron chi connectivity index (χ3n) is 4.57. The second-order valence-corrected chi connectivity index (χ2v) is 7.12. The van der Waals surface area contributed by atoms with Crippen LogP contribution in [0.1, 0.15) is 11.1 Å². The molecule has 0 fully saturated rings. The van der Waals surface area contributed by atoms with E-state index < -0.39 is 11.7 Å². The van der Waals surface area contributed by atoms with Crippen LogP contribution in [-0.4, -0.2) is 23.4 Å². The van der Waals surface area contributed by atoms with Crippen LogP contribution >= 0.6 is 23.2 Å². The molecular weight excluding hydrogens is 414 g/mol. The minimum Gasteiger partial charge on any atom is -0.494 e. The maximum atomic E-state index is 13.2. The first kappa shape index (κ1) is 19.0. The molecule has 0 amide bonds. The maximum absolute atomic E-state index is 13.2. The fourth-order valence-corrected chi connectivity index (χ4v) is 3.65. The summed E-state index contributed by atoms with van der Waals surface area (Å²) in [5, 5.41) is 8.48. The van der Waals surface area contributed by atoms with Crippen molar-refractivity contribution < 1.29 is 17.9 Å². The molecule has 2 aromatic carbocycles. The first-order valence-corrected chi connectivity index (χ1v) is 9.12. The van der Waals surface area contributed by atoms with Crippen LogP contribution in [-0.2, 0) is 12.6 Å². The first-order valence-electron chi connectivity index (χ1n) is 8.36.